The Morgan fingerprint density at radius 1 is 1.33 bits per heavy atom. The van der Waals surface area contributed by atoms with Crippen molar-refractivity contribution in [3.05, 3.63) is 17.6 Å². The summed E-state index contributed by atoms with van der Waals surface area (Å²) in [4.78, 5) is 8.22. The third-order valence-corrected chi connectivity index (χ3v) is 1.58. The predicted octanol–water partition coefficient (Wildman–Crippen LogP) is 0.323. The fourth-order valence-electron chi connectivity index (χ4n) is 1.14. The zero-order valence-corrected chi connectivity index (χ0v) is 6.94. The molecule has 0 radical (unpaired) electrons. The van der Waals surface area contributed by atoms with Gasteiger partial charge in [0.1, 0.15) is 5.82 Å². The second kappa shape index (κ2) is 2.17. The van der Waals surface area contributed by atoms with E-state index >= 15 is 0 Å². The topological polar surface area (TPSA) is 69.1 Å². The van der Waals surface area contributed by atoms with E-state index in [9.17, 15) is 0 Å². The van der Waals surface area contributed by atoms with Crippen molar-refractivity contribution in [2.24, 2.45) is 0 Å². The highest BCUT2D eigenvalue weighted by molar-refractivity contribution is 5.43. The Morgan fingerprint density at radius 2 is 2.08 bits per heavy atom. The van der Waals surface area contributed by atoms with Crippen molar-refractivity contribution in [2.75, 3.05) is 5.73 Å². The summed E-state index contributed by atoms with van der Waals surface area (Å²) in [5, 5.41) is 4.07. The van der Waals surface area contributed by atoms with Gasteiger partial charge in [0.15, 0.2) is 5.65 Å². The second-order valence-electron chi connectivity index (χ2n) is 2.68. The Kier molecular flexibility index (Phi) is 1.27. The van der Waals surface area contributed by atoms with Crippen LogP contribution in [0.4, 0.5) is 5.95 Å². The standard InChI is InChI=1S/C7H9N5/c1-4-3-6-10-5(2)11-12(6)7(8)9-4/h3H,1-2H3,(H2,8,9). The highest BCUT2D eigenvalue weighted by Crippen LogP contribution is 2.06. The molecule has 0 aliphatic carbocycles. The molecular formula is C7H9N5. The Balaban J connectivity index is 2.88. The predicted molar refractivity (Wildman–Crippen MR) is 44.7 cm³/mol. The Hall–Kier alpha value is -1.65. The number of nitrogens with zero attached hydrogens (tertiary/aromatic N) is 4. The maximum Gasteiger partial charge on any atom is 0.223 e. The van der Waals surface area contributed by atoms with Crippen LogP contribution in [0.5, 0.6) is 0 Å². The summed E-state index contributed by atoms with van der Waals surface area (Å²) in [6.07, 6.45) is 0. The van der Waals surface area contributed by atoms with Crippen molar-refractivity contribution >= 4 is 11.6 Å². The van der Waals surface area contributed by atoms with E-state index in [4.69, 9.17) is 5.73 Å². The smallest absolute Gasteiger partial charge is 0.223 e. The van der Waals surface area contributed by atoms with Crippen molar-refractivity contribution in [2.45, 2.75) is 13.8 Å². The monoisotopic (exact) mass is 163 g/mol. The Morgan fingerprint density at radius 3 is 2.83 bits per heavy atom. The van der Waals surface area contributed by atoms with E-state index in [0.717, 1.165) is 11.3 Å². The largest absolute Gasteiger partial charge is 0.368 e. The first-order valence-corrected chi connectivity index (χ1v) is 3.63. The lowest BCUT2D eigenvalue weighted by Gasteiger charge is -1.96. The van der Waals surface area contributed by atoms with Gasteiger partial charge < -0.3 is 5.73 Å². The molecule has 0 unspecified atom stereocenters. The number of hydrogen-bond acceptors (Lipinski definition) is 4. The molecule has 0 aliphatic heterocycles. The van der Waals surface area contributed by atoms with Crippen LogP contribution in [0.2, 0.25) is 0 Å². The number of hydrogen-bond donors (Lipinski definition) is 1. The van der Waals surface area contributed by atoms with Crippen LogP contribution in [0.3, 0.4) is 0 Å². The van der Waals surface area contributed by atoms with Crippen LogP contribution in [0, 0.1) is 13.8 Å². The molecule has 2 N–H and O–H groups in total. The minimum absolute atomic E-state index is 0.380. The van der Waals surface area contributed by atoms with E-state index in [0.29, 0.717) is 11.8 Å². The summed E-state index contributed by atoms with van der Waals surface area (Å²) >= 11 is 0. The molecule has 2 aromatic rings. The first kappa shape index (κ1) is 7.02. The van der Waals surface area contributed by atoms with Crippen molar-refractivity contribution in [3.63, 3.8) is 0 Å². The summed E-state index contributed by atoms with van der Waals surface area (Å²) in [5.41, 5.74) is 7.22. The van der Waals surface area contributed by atoms with Crippen LogP contribution in [-0.4, -0.2) is 19.6 Å². The zero-order valence-electron chi connectivity index (χ0n) is 6.94. The molecule has 0 spiro atoms. The molecular weight excluding hydrogens is 154 g/mol. The van der Waals surface area contributed by atoms with Gasteiger partial charge in [-0.25, -0.2) is 9.97 Å². The first-order chi connectivity index (χ1) is 5.66. The summed E-state index contributed by atoms with van der Waals surface area (Å²) in [5.74, 6) is 1.08. The number of aromatic nitrogens is 4. The molecule has 0 bridgehead atoms. The molecule has 0 amide bonds. The minimum Gasteiger partial charge on any atom is -0.368 e. The van der Waals surface area contributed by atoms with Crippen LogP contribution in [0.25, 0.3) is 5.65 Å². The molecule has 2 rings (SSSR count). The molecule has 12 heavy (non-hydrogen) atoms. The summed E-state index contributed by atoms with van der Waals surface area (Å²) in [7, 11) is 0. The van der Waals surface area contributed by atoms with Crippen LogP contribution < -0.4 is 5.73 Å². The van der Waals surface area contributed by atoms with Gasteiger partial charge in [0.05, 0.1) is 0 Å². The van der Waals surface area contributed by atoms with Crippen LogP contribution in [0.1, 0.15) is 11.5 Å². The number of fused-ring (bicyclic) bond motifs is 1. The quantitative estimate of drug-likeness (QED) is 0.607. The highest BCUT2D eigenvalue weighted by Gasteiger charge is 2.03. The first-order valence-electron chi connectivity index (χ1n) is 3.63. The number of nitrogen functional groups attached to an aromatic ring is 1. The lowest BCUT2D eigenvalue weighted by molar-refractivity contribution is 0.906. The van der Waals surface area contributed by atoms with Gasteiger partial charge >= 0.3 is 0 Å². The number of aryl methyl sites for hydroxylation is 2. The molecule has 5 nitrogen and oxygen atoms in total. The van der Waals surface area contributed by atoms with E-state index in [1.165, 1.54) is 4.52 Å². The third-order valence-electron chi connectivity index (χ3n) is 1.58. The van der Waals surface area contributed by atoms with Gasteiger partial charge in [-0.05, 0) is 13.8 Å². The van der Waals surface area contributed by atoms with E-state index < -0.39 is 0 Å². The third kappa shape index (κ3) is 0.903. The van der Waals surface area contributed by atoms with E-state index in [-0.39, 0.29) is 0 Å². The SMILES string of the molecule is Cc1cc2nc(C)nn2c(N)n1. The second-order valence-corrected chi connectivity index (χ2v) is 2.68. The van der Waals surface area contributed by atoms with E-state index in [2.05, 4.69) is 15.1 Å². The average Bonchev–Trinajstić information content (AvgIpc) is 2.29. The molecule has 0 fully saturated rings. The zero-order chi connectivity index (χ0) is 8.72. The van der Waals surface area contributed by atoms with Crippen molar-refractivity contribution in [1.29, 1.82) is 0 Å². The molecule has 0 atom stereocenters. The minimum atomic E-state index is 0.380. The molecule has 5 heteroatoms. The van der Waals surface area contributed by atoms with Gasteiger partial charge in [-0.3, -0.25) is 0 Å². The van der Waals surface area contributed by atoms with E-state index in [1.54, 1.807) is 0 Å². The van der Waals surface area contributed by atoms with Gasteiger partial charge in [0.25, 0.3) is 0 Å². The van der Waals surface area contributed by atoms with Crippen molar-refractivity contribution in [1.82, 2.24) is 19.6 Å². The normalized spacial score (nSPS) is 10.8. The summed E-state index contributed by atoms with van der Waals surface area (Å²) in [6.45, 7) is 3.70. The fraction of sp³-hybridized carbons (Fsp3) is 0.286. The number of anilines is 1. The summed E-state index contributed by atoms with van der Waals surface area (Å²) < 4.78 is 1.53. The Bertz CT molecular complexity index is 431. The van der Waals surface area contributed by atoms with Crippen LogP contribution in [0.15, 0.2) is 6.07 Å². The van der Waals surface area contributed by atoms with E-state index in [1.807, 2.05) is 19.9 Å². The summed E-state index contributed by atoms with van der Waals surface area (Å²) in [6, 6.07) is 1.84. The maximum absolute atomic E-state index is 5.62. The molecule has 0 saturated carbocycles. The molecule has 0 saturated heterocycles. The van der Waals surface area contributed by atoms with Gasteiger partial charge in [-0.1, -0.05) is 0 Å². The van der Waals surface area contributed by atoms with Gasteiger partial charge in [-0.15, -0.1) is 5.10 Å². The van der Waals surface area contributed by atoms with Gasteiger partial charge in [-0.2, -0.15) is 4.52 Å². The highest BCUT2D eigenvalue weighted by atomic mass is 15.3. The lowest BCUT2D eigenvalue weighted by atomic mass is 10.4. The van der Waals surface area contributed by atoms with Gasteiger partial charge in [0, 0.05) is 11.8 Å². The van der Waals surface area contributed by atoms with Gasteiger partial charge in [0.2, 0.25) is 5.95 Å². The average molecular weight is 163 g/mol. The molecule has 0 aliphatic rings. The Labute approximate surface area is 69.2 Å². The molecule has 2 aromatic heterocycles. The maximum atomic E-state index is 5.62. The fourth-order valence-corrected chi connectivity index (χ4v) is 1.14. The molecule has 0 aromatic carbocycles. The van der Waals surface area contributed by atoms with Crippen LogP contribution >= 0.6 is 0 Å². The lowest BCUT2D eigenvalue weighted by Crippen LogP contribution is -2.02. The van der Waals surface area contributed by atoms with Crippen molar-refractivity contribution in [3.8, 4) is 0 Å². The number of rotatable bonds is 0. The van der Waals surface area contributed by atoms with Crippen molar-refractivity contribution < 1.29 is 0 Å². The van der Waals surface area contributed by atoms with Crippen LogP contribution in [-0.2, 0) is 0 Å². The molecule has 62 valence electrons. The molecule has 2 heterocycles. The number of nitrogens with two attached hydrogens (primary N) is 1.